The maximum atomic E-state index is 13.3. The number of benzene rings is 3. The molecule has 0 spiro atoms. The van der Waals surface area contributed by atoms with Crippen LogP contribution in [0, 0.1) is 10.1 Å². The van der Waals surface area contributed by atoms with Crippen LogP contribution in [0.25, 0.3) is 16.3 Å². The number of rotatable bonds is 6. The van der Waals surface area contributed by atoms with Gasteiger partial charge in [0.2, 0.25) is 0 Å². The summed E-state index contributed by atoms with van der Waals surface area (Å²) in [4.78, 5) is 30.1. The van der Waals surface area contributed by atoms with Gasteiger partial charge in [-0.25, -0.2) is 4.98 Å². The Hall–Kier alpha value is -4.04. The highest BCUT2D eigenvalue weighted by Crippen LogP contribution is 2.35. The Morgan fingerprint density at radius 1 is 1.10 bits per heavy atom. The highest BCUT2D eigenvalue weighted by Gasteiger charge is 2.21. The van der Waals surface area contributed by atoms with Crippen molar-refractivity contribution in [2.24, 2.45) is 0 Å². The Morgan fingerprint density at radius 2 is 1.87 bits per heavy atom. The minimum Gasteiger partial charge on any atom is -0.497 e. The molecule has 154 valence electrons. The fourth-order valence-corrected chi connectivity index (χ4v) is 4.06. The van der Waals surface area contributed by atoms with Gasteiger partial charge in [-0.05, 0) is 36.4 Å². The fourth-order valence-electron chi connectivity index (χ4n) is 3.07. The SMILES string of the molecule is COc1cccc(N(C(=O)/C=C/c2ccccc2[N+](=O)[O-])c2nc3ccccc3s2)c1. The van der Waals surface area contributed by atoms with Crippen LogP contribution in [0.15, 0.2) is 78.9 Å². The van der Waals surface area contributed by atoms with Crippen molar-refractivity contribution in [2.75, 3.05) is 12.0 Å². The van der Waals surface area contributed by atoms with E-state index in [9.17, 15) is 14.9 Å². The first-order valence-corrected chi connectivity index (χ1v) is 10.1. The van der Waals surface area contributed by atoms with Crippen molar-refractivity contribution in [2.45, 2.75) is 0 Å². The van der Waals surface area contributed by atoms with E-state index >= 15 is 0 Å². The molecule has 1 amide bonds. The molecule has 0 unspecified atom stereocenters. The summed E-state index contributed by atoms with van der Waals surface area (Å²) in [5, 5.41) is 11.8. The first-order chi connectivity index (χ1) is 15.1. The highest BCUT2D eigenvalue weighted by atomic mass is 32.1. The van der Waals surface area contributed by atoms with Gasteiger partial charge in [0, 0.05) is 18.2 Å². The molecule has 0 aliphatic rings. The molecule has 0 atom stereocenters. The molecular formula is C23H17N3O4S. The van der Waals surface area contributed by atoms with Crippen LogP contribution in [0.1, 0.15) is 5.56 Å². The van der Waals surface area contributed by atoms with Crippen molar-refractivity contribution >= 4 is 50.0 Å². The van der Waals surface area contributed by atoms with Gasteiger partial charge in [-0.3, -0.25) is 19.8 Å². The minimum absolute atomic E-state index is 0.0699. The van der Waals surface area contributed by atoms with Gasteiger partial charge in [-0.15, -0.1) is 0 Å². The average molecular weight is 431 g/mol. The number of carbonyl (C=O) groups excluding carboxylic acids is 1. The molecule has 0 bridgehead atoms. The lowest BCUT2D eigenvalue weighted by Gasteiger charge is -2.19. The standard InChI is InChI=1S/C23H17N3O4S/c1-30-18-9-6-8-17(15-18)25(23-24-19-10-3-5-12-21(19)31-23)22(27)14-13-16-7-2-4-11-20(16)26(28)29/h2-15H,1H3/b14-13+. The number of hydrogen-bond donors (Lipinski definition) is 0. The summed E-state index contributed by atoms with van der Waals surface area (Å²) in [6.07, 6.45) is 2.76. The second kappa shape index (κ2) is 8.76. The lowest BCUT2D eigenvalue weighted by Crippen LogP contribution is -2.23. The molecule has 4 rings (SSSR count). The maximum Gasteiger partial charge on any atom is 0.276 e. The van der Waals surface area contributed by atoms with Crippen LogP contribution < -0.4 is 9.64 Å². The van der Waals surface area contributed by atoms with Gasteiger partial charge < -0.3 is 4.74 Å². The largest absolute Gasteiger partial charge is 0.497 e. The second-order valence-corrected chi connectivity index (χ2v) is 7.50. The van der Waals surface area contributed by atoms with E-state index in [1.807, 2.05) is 24.3 Å². The minimum atomic E-state index is -0.475. The van der Waals surface area contributed by atoms with Gasteiger partial charge >= 0.3 is 0 Å². The van der Waals surface area contributed by atoms with Gasteiger partial charge in [0.15, 0.2) is 5.13 Å². The van der Waals surface area contributed by atoms with Crippen LogP contribution in [-0.2, 0) is 4.79 Å². The summed E-state index contributed by atoms with van der Waals surface area (Å²) in [6.45, 7) is 0. The number of para-hydroxylation sites is 2. The zero-order chi connectivity index (χ0) is 21.8. The number of thiazole rings is 1. The molecular weight excluding hydrogens is 414 g/mol. The van der Waals surface area contributed by atoms with E-state index in [2.05, 4.69) is 4.98 Å². The summed E-state index contributed by atoms with van der Waals surface area (Å²) in [5.41, 5.74) is 1.64. The maximum absolute atomic E-state index is 13.3. The number of nitrogens with zero attached hydrogens (tertiary/aromatic N) is 3. The highest BCUT2D eigenvalue weighted by molar-refractivity contribution is 7.22. The lowest BCUT2D eigenvalue weighted by molar-refractivity contribution is -0.385. The Bertz CT molecular complexity index is 1270. The quantitative estimate of drug-likeness (QED) is 0.226. The van der Waals surface area contributed by atoms with Crippen LogP contribution in [0.3, 0.4) is 0 Å². The third-order valence-corrected chi connectivity index (χ3v) is 5.57. The molecule has 8 heteroatoms. The van der Waals surface area contributed by atoms with Gasteiger partial charge in [0.25, 0.3) is 11.6 Å². The van der Waals surface area contributed by atoms with Crippen molar-refractivity contribution in [3.63, 3.8) is 0 Å². The van der Waals surface area contributed by atoms with E-state index in [0.29, 0.717) is 22.1 Å². The van der Waals surface area contributed by atoms with E-state index in [-0.39, 0.29) is 11.6 Å². The Morgan fingerprint density at radius 3 is 2.65 bits per heavy atom. The van der Waals surface area contributed by atoms with Crippen LogP contribution in [0.5, 0.6) is 5.75 Å². The molecule has 0 saturated heterocycles. The first kappa shape index (κ1) is 20.2. The second-order valence-electron chi connectivity index (χ2n) is 6.49. The summed E-state index contributed by atoms with van der Waals surface area (Å²) in [7, 11) is 1.55. The molecule has 0 aliphatic heterocycles. The van der Waals surface area contributed by atoms with Crippen molar-refractivity contribution < 1.29 is 14.5 Å². The summed E-state index contributed by atoms with van der Waals surface area (Å²) in [5.74, 6) is 0.213. The zero-order valence-electron chi connectivity index (χ0n) is 16.5. The van der Waals surface area contributed by atoms with Gasteiger partial charge in [-0.1, -0.05) is 41.7 Å². The normalized spacial score (nSPS) is 11.0. The van der Waals surface area contributed by atoms with E-state index < -0.39 is 4.92 Å². The summed E-state index contributed by atoms with van der Waals surface area (Å²) in [6, 6.07) is 21.0. The molecule has 3 aromatic carbocycles. The number of nitro groups is 1. The van der Waals surface area contributed by atoms with Crippen molar-refractivity contribution in [1.82, 2.24) is 4.98 Å². The number of amides is 1. The van der Waals surface area contributed by atoms with Crippen LogP contribution in [0.2, 0.25) is 0 Å². The Kier molecular flexibility index (Phi) is 5.72. The van der Waals surface area contributed by atoms with E-state index in [4.69, 9.17) is 4.74 Å². The molecule has 7 nitrogen and oxygen atoms in total. The first-order valence-electron chi connectivity index (χ1n) is 9.32. The Labute approximate surface area is 182 Å². The summed E-state index contributed by atoms with van der Waals surface area (Å²) >= 11 is 1.38. The lowest BCUT2D eigenvalue weighted by atomic mass is 10.1. The van der Waals surface area contributed by atoms with Crippen LogP contribution >= 0.6 is 11.3 Å². The number of hydrogen-bond acceptors (Lipinski definition) is 6. The molecule has 1 heterocycles. The van der Waals surface area contributed by atoms with E-state index in [1.54, 1.807) is 49.6 Å². The number of methoxy groups -OCH3 is 1. The monoisotopic (exact) mass is 431 g/mol. The molecule has 4 aromatic rings. The number of aromatic nitrogens is 1. The number of ether oxygens (including phenoxy) is 1. The predicted molar refractivity (Wildman–Crippen MR) is 122 cm³/mol. The third-order valence-electron chi connectivity index (χ3n) is 4.54. The average Bonchev–Trinajstić information content (AvgIpc) is 3.21. The number of nitro benzene ring substituents is 1. The summed E-state index contributed by atoms with van der Waals surface area (Å²) < 4.78 is 6.25. The van der Waals surface area contributed by atoms with Crippen molar-refractivity contribution in [1.29, 1.82) is 0 Å². The molecule has 31 heavy (non-hydrogen) atoms. The molecule has 1 aromatic heterocycles. The zero-order valence-corrected chi connectivity index (χ0v) is 17.3. The third kappa shape index (κ3) is 4.29. The van der Waals surface area contributed by atoms with E-state index in [0.717, 1.165) is 10.2 Å². The smallest absolute Gasteiger partial charge is 0.276 e. The number of carbonyl (C=O) groups is 1. The molecule has 0 saturated carbocycles. The molecule has 0 radical (unpaired) electrons. The molecule has 0 N–H and O–H groups in total. The Balaban J connectivity index is 1.77. The van der Waals surface area contributed by atoms with Crippen LogP contribution in [-0.4, -0.2) is 22.9 Å². The van der Waals surface area contributed by atoms with Gasteiger partial charge in [-0.2, -0.15) is 0 Å². The fraction of sp³-hybridized carbons (Fsp3) is 0.0435. The van der Waals surface area contributed by atoms with E-state index in [1.165, 1.54) is 34.5 Å². The molecule has 0 aliphatic carbocycles. The topological polar surface area (TPSA) is 85.6 Å². The van der Waals surface area contributed by atoms with Crippen molar-refractivity contribution in [3.8, 4) is 5.75 Å². The van der Waals surface area contributed by atoms with Crippen LogP contribution in [0.4, 0.5) is 16.5 Å². The number of anilines is 2. The van der Waals surface area contributed by atoms with Gasteiger partial charge in [0.05, 0.1) is 33.5 Å². The number of fused-ring (bicyclic) bond motifs is 1. The predicted octanol–water partition coefficient (Wildman–Crippen LogP) is 5.59. The van der Waals surface area contributed by atoms with Gasteiger partial charge in [0.1, 0.15) is 5.75 Å². The van der Waals surface area contributed by atoms with Crippen molar-refractivity contribution in [3.05, 3.63) is 94.6 Å². The molecule has 0 fully saturated rings.